The van der Waals surface area contributed by atoms with Gasteiger partial charge in [-0.1, -0.05) is 48.0 Å². The Morgan fingerprint density at radius 2 is 2.00 bits per heavy atom. The van der Waals surface area contributed by atoms with Crippen molar-refractivity contribution in [3.63, 3.8) is 0 Å². The van der Waals surface area contributed by atoms with Gasteiger partial charge in [0.1, 0.15) is 5.75 Å². The maximum absolute atomic E-state index is 12.9. The van der Waals surface area contributed by atoms with E-state index in [0.29, 0.717) is 6.54 Å². The van der Waals surface area contributed by atoms with Crippen LogP contribution < -0.4 is 10.1 Å². The van der Waals surface area contributed by atoms with Gasteiger partial charge in [0.2, 0.25) is 0 Å². The van der Waals surface area contributed by atoms with Gasteiger partial charge in [0, 0.05) is 12.1 Å². The first kappa shape index (κ1) is 18.3. The molecule has 5 nitrogen and oxygen atoms in total. The molecular weight excluding hydrogens is 328 g/mol. The Morgan fingerprint density at radius 3 is 2.65 bits per heavy atom. The second kappa shape index (κ2) is 7.79. The summed E-state index contributed by atoms with van der Waals surface area (Å²) in [4.78, 5) is 14.5. The highest BCUT2D eigenvalue weighted by Crippen LogP contribution is 2.45. The number of benzene rings is 2. The summed E-state index contributed by atoms with van der Waals surface area (Å²) in [5.41, 5.74) is 2.97. The largest absolute Gasteiger partial charge is 0.496 e. The smallest absolute Gasteiger partial charge is 0.318 e. The van der Waals surface area contributed by atoms with Gasteiger partial charge in [-0.3, -0.25) is 0 Å². The molecule has 0 radical (unpaired) electrons. The quantitative estimate of drug-likeness (QED) is 0.803. The highest BCUT2D eigenvalue weighted by Gasteiger charge is 2.46. The van der Waals surface area contributed by atoms with Crippen LogP contribution in [0.2, 0.25) is 0 Å². The lowest BCUT2D eigenvalue weighted by molar-refractivity contribution is 0.169. The zero-order chi connectivity index (χ0) is 18.6. The molecule has 0 unspecified atom stereocenters. The molecule has 2 aromatic carbocycles. The SMILES string of the molecule is COc1ccccc1CN(CCO)C(=O)NC1(c2cccc(C)c2)CC1. The number of carbonyl (C=O) groups is 1. The van der Waals surface area contributed by atoms with E-state index < -0.39 is 0 Å². The molecule has 1 saturated carbocycles. The molecule has 1 aliphatic carbocycles. The Hall–Kier alpha value is -2.53. The molecule has 2 amide bonds. The van der Waals surface area contributed by atoms with E-state index in [4.69, 9.17) is 4.74 Å². The highest BCUT2D eigenvalue weighted by atomic mass is 16.5. The average molecular weight is 354 g/mol. The number of ether oxygens (including phenoxy) is 1. The predicted octanol–water partition coefficient (Wildman–Crippen LogP) is 3.20. The van der Waals surface area contributed by atoms with Crippen LogP contribution in [0, 0.1) is 6.92 Å². The molecule has 26 heavy (non-hydrogen) atoms. The van der Waals surface area contributed by atoms with Gasteiger partial charge in [0.25, 0.3) is 0 Å². The van der Waals surface area contributed by atoms with Crippen LogP contribution in [-0.2, 0) is 12.1 Å². The second-order valence-corrected chi connectivity index (χ2v) is 6.84. The summed E-state index contributed by atoms with van der Waals surface area (Å²) >= 11 is 0. The third-order valence-electron chi connectivity index (χ3n) is 4.88. The summed E-state index contributed by atoms with van der Waals surface area (Å²) in [6.45, 7) is 2.63. The van der Waals surface area contributed by atoms with Crippen molar-refractivity contribution < 1.29 is 14.6 Å². The van der Waals surface area contributed by atoms with Crippen LogP contribution in [0.3, 0.4) is 0 Å². The fourth-order valence-corrected chi connectivity index (χ4v) is 3.25. The minimum absolute atomic E-state index is 0.0833. The molecule has 0 spiro atoms. The first-order valence-electron chi connectivity index (χ1n) is 8.95. The number of urea groups is 1. The van der Waals surface area contributed by atoms with Crippen molar-refractivity contribution in [1.82, 2.24) is 10.2 Å². The molecule has 0 heterocycles. The van der Waals surface area contributed by atoms with Crippen molar-refractivity contribution in [2.24, 2.45) is 0 Å². The van der Waals surface area contributed by atoms with Gasteiger partial charge in [-0.15, -0.1) is 0 Å². The van der Waals surface area contributed by atoms with E-state index >= 15 is 0 Å². The lowest BCUT2D eigenvalue weighted by Gasteiger charge is -2.27. The molecule has 2 aromatic rings. The topological polar surface area (TPSA) is 61.8 Å². The van der Waals surface area contributed by atoms with Crippen LogP contribution in [0.5, 0.6) is 5.75 Å². The lowest BCUT2D eigenvalue weighted by atomic mass is 10.0. The van der Waals surface area contributed by atoms with Gasteiger partial charge in [-0.05, 0) is 31.4 Å². The molecule has 1 fully saturated rings. The number of nitrogens with one attached hydrogen (secondary N) is 1. The molecule has 0 atom stereocenters. The Labute approximate surface area is 154 Å². The monoisotopic (exact) mass is 354 g/mol. The molecule has 3 rings (SSSR count). The highest BCUT2D eigenvalue weighted by molar-refractivity contribution is 5.76. The van der Waals surface area contributed by atoms with E-state index in [-0.39, 0.29) is 24.7 Å². The average Bonchev–Trinajstić information content (AvgIpc) is 3.42. The normalized spacial score (nSPS) is 14.6. The summed E-state index contributed by atoms with van der Waals surface area (Å²) in [5.74, 6) is 0.739. The van der Waals surface area contributed by atoms with E-state index in [1.165, 1.54) is 5.56 Å². The molecule has 0 aromatic heterocycles. The maximum Gasteiger partial charge on any atom is 0.318 e. The zero-order valence-electron chi connectivity index (χ0n) is 15.4. The van der Waals surface area contributed by atoms with Crippen molar-refractivity contribution in [3.8, 4) is 5.75 Å². The number of hydrogen-bond acceptors (Lipinski definition) is 3. The minimum atomic E-state index is -0.280. The van der Waals surface area contributed by atoms with Crippen molar-refractivity contribution in [1.29, 1.82) is 0 Å². The van der Waals surface area contributed by atoms with Gasteiger partial charge < -0.3 is 20.1 Å². The molecule has 5 heteroatoms. The Kier molecular flexibility index (Phi) is 5.47. The second-order valence-electron chi connectivity index (χ2n) is 6.84. The number of nitrogens with zero attached hydrogens (tertiary/aromatic N) is 1. The van der Waals surface area contributed by atoms with Crippen molar-refractivity contribution >= 4 is 6.03 Å². The number of carbonyl (C=O) groups excluding carboxylic acids is 1. The van der Waals surface area contributed by atoms with E-state index in [0.717, 1.165) is 29.7 Å². The summed E-state index contributed by atoms with van der Waals surface area (Å²) in [5, 5.41) is 12.6. The van der Waals surface area contributed by atoms with Crippen molar-refractivity contribution in [2.75, 3.05) is 20.3 Å². The molecule has 1 aliphatic rings. The fraction of sp³-hybridized carbons (Fsp3) is 0.381. The maximum atomic E-state index is 12.9. The summed E-state index contributed by atoms with van der Waals surface area (Å²) in [7, 11) is 1.62. The first-order valence-corrected chi connectivity index (χ1v) is 8.95. The van der Waals surface area contributed by atoms with Crippen molar-refractivity contribution in [3.05, 3.63) is 65.2 Å². The van der Waals surface area contributed by atoms with E-state index in [1.807, 2.05) is 30.3 Å². The number of para-hydroxylation sites is 1. The van der Waals surface area contributed by atoms with E-state index in [1.54, 1.807) is 12.0 Å². The van der Waals surface area contributed by atoms with Crippen LogP contribution in [0.25, 0.3) is 0 Å². The fourth-order valence-electron chi connectivity index (χ4n) is 3.25. The van der Waals surface area contributed by atoms with Gasteiger partial charge >= 0.3 is 6.03 Å². The Morgan fingerprint density at radius 1 is 1.23 bits per heavy atom. The van der Waals surface area contributed by atoms with Gasteiger partial charge in [-0.25, -0.2) is 4.79 Å². The number of aliphatic hydroxyl groups excluding tert-OH is 1. The Balaban J connectivity index is 1.75. The zero-order valence-corrected chi connectivity index (χ0v) is 15.4. The van der Waals surface area contributed by atoms with Crippen LogP contribution >= 0.6 is 0 Å². The van der Waals surface area contributed by atoms with Crippen LogP contribution in [0.4, 0.5) is 4.79 Å². The molecule has 0 bridgehead atoms. The van der Waals surface area contributed by atoms with Crippen LogP contribution in [0.15, 0.2) is 48.5 Å². The predicted molar refractivity (Wildman–Crippen MR) is 101 cm³/mol. The number of hydrogen-bond donors (Lipinski definition) is 2. The standard InChI is InChI=1S/C21H26N2O3/c1-16-6-5-8-18(14-16)21(10-11-21)22-20(25)23(12-13-24)15-17-7-3-4-9-19(17)26-2/h3-9,14,24H,10-13,15H2,1-2H3,(H,22,25). The number of rotatable bonds is 7. The molecule has 0 aliphatic heterocycles. The molecular formula is C21H26N2O3. The van der Waals surface area contributed by atoms with Gasteiger partial charge in [0.05, 0.1) is 25.8 Å². The summed E-state index contributed by atoms with van der Waals surface area (Å²) in [6, 6.07) is 15.7. The number of methoxy groups -OCH3 is 1. The van der Waals surface area contributed by atoms with Crippen LogP contribution in [0.1, 0.15) is 29.5 Å². The van der Waals surface area contributed by atoms with Crippen LogP contribution in [-0.4, -0.2) is 36.3 Å². The summed E-state index contributed by atoms with van der Waals surface area (Å²) < 4.78 is 5.38. The van der Waals surface area contributed by atoms with E-state index in [2.05, 4.69) is 30.4 Å². The molecule has 0 saturated heterocycles. The number of aliphatic hydroxyl groups is 1. The Bertz CT molecular complexity index is 771. The third kappa shape index (κ3) is 3.99. The van der Waals surface area contributed by atoms with Gasteiger partial charge in [-0.2, -0.15) is 0 Å². The third-order valence-corrected chi connectivity index (χ3v) is 4.88. The molecule has 2 N–H and O–H groups in total. The summed E-state index contributed by atoms with van der Waals surface area (Å²) in [6.07, 6.45) is 1.87. The minimum Gasteiger partial charge on any atom is -0.496 e. The van der Waals surface area contributed by atoms with Crippen molar-refractivity contribution in [2.45, 2.75) is 31.8 Å². The first-order chi connectivity index (χ1) is 12.6. The number of amides is 2. The molecule has 138 valence electrons. The number of aryl methyl sites for hydroxylation is 1. The lowest BCUT2D eigenvalue weighted by Crippen LogP contribution is -2.45. The van der Waals surface area contributed by atoms with Gasteiger partial charge in [0.15, 0.2) is 0 Å². The van der Waals surface area contributed by atoms with E-state index in [9.17, 15) is 9.90 Å².